The van der Waals surface area contributed by atoms with Gasteiger partial charge in [0.2, 0.25) is 10.0 Å². The molecular weight excluding hydrogens is 348 g/mol. The third-order valence-electron chi connectivity index (χ3n) is 4.79. The van der Waals surface area contributed by atoms with Crippen molar-refractivity contribution < 1.29 is 8.42 Å². The third kappa shape index (κ3) is 2.97. The molecule has 0 saturated heterocycles. The fourth-order valence-electron chi connectivity index (χ4n) is 3.50. The van der Waals surface area contributed by atoms with Crippen molar-refractivity contribution in [2.45, 2.75) is 31.7 Å². The molecule has 6 nitrogen and oxygen atoms in total. The summed E-state index contributed by atoms with van der Waals surface area (Å²) < 4.78 is 29.3. The topological polar surface area (TPSA) is 66.7 Å². The maximum Gasteiger partial charge on any atom is 0.240 e. The Kier molecular flexibility index (Phi) is 4.20. The summed E-state index contributed by atoms with van der Waals surface area (Å²) in [6.07, 6.45) is 2.98. The lowest BCUT2D eigenvalue weighted by molar-refractivity contribution is 0.584. The highest BCUT2D eigenvalue weighted by Gasteiger charge is 2.23. The van der Waals surface area contributed by atoms with E-state index in [4.69, 9.17) is 4.98 Å². The summed E-state index contributed by atoms with van der Waals surface area (Å²) in [6, 6.07) is 11.4. The van der Waals surface area contributed by atoms with Gasteiger partial charge in [0, 0.05) is 30.7 Å². The number of aryl methyl sites for hydroxylation is 1. The van der Waals surface area contributed by atoms with Gasteiger partial charge in [0.05, 0.1) is 17.1 Å². The molecule has 0 bridgehead atoms. The second-order valence-corrected chi connectivity index (χ2v) is 8.36. The van der Waals surface area contributed by atoms with Crippen LogP contribution in [0.3, 0.4) is 0 Å². The van der Waals surface area contributed by atoms with Crippen molar-refractivity contribution in [2.24, 2.45) is 0 Å². The third-order valence-corrected chi connectivity index (χ3v) is 6.34. The molecule has 0 unspecified atom stereocenters. The minimum absolute atomic E-state index is 0.316. The fourth-order valence-corrected chi connectivity index (χ4v) is 4.56. The van der Waals surface area contributed by atoms with E-state index < -0.39 is 10.0 Å². The Morgan fingerprint density at radius 1 is 1.23 bits per heavy atom. The molecule has 26 heavy (non-hydrogen) atoms. The molecule has 1 N–H and O–H groups in total. The van der Waals surface area contributed by atoms with Crippen molar-refractivity contribution in [2.75, 3.05) is 18.0 Å². The summed E-state index contributed by atoms with van der Waals surface area (Å²) in [5.41, 5.74) is 5.22. The van der Waals surface area contributed by atoms with Crippen LogP contribution in [0, 0.1) is 6.92 Å². The van der Waals surface area contributed by atoms with E-state index in [0.717, 1.165) is 35.7 Å². The van der Waals surface area contributed by atoms with Gasteiger partial charge in [-0.1, -0.05) is 19.1 Å². The largest absolute Gasteiger partial charge is 0.365 e. The Labute approximate surface area is 153 Å². The van der Waals surface area contributed by atoms with Gasteiger partial charge in [-0.05, 0) is 43.2 Å². The highest BCUT2D eigenvalue weighted by Crippen LogP contribution is 2.31. The number of sulfonamides is 1. The molecule has 0 amide bonds. The van der Waals surface area contributed by atoms with Crippen LogP contribution in [0.5, 0.6) is 0 Å². The van der Waals surface area contributed by atoms with Crippen molar-refractivity contribution in [3.05, 3.63) is 59.5 Å². The molecule has 4 rings (SSSR count). The van der Waals surface area contributed by atoms with E-state index in [-0.39, 0.29) is 0 Å². The zero-order chi connectivity index (χ0) is 18.3. The molecule has 1 aliphatic heterocycles. The number of benzene rings is 1. The molecule has 3 aromatic rings. The van der Waals surface area contributed by atoms with E-state index in [1.807, 2.05) is 18.2 Å². The summed E-state index contributed by atoms with van der Waals surface area (Å²) in [4.78, 5) is 7.22. The fraction of sp³-hybridized carbons (Fsp3) is 0.316. The minimum atomic E-state index is -3.45. The standard InChI is InChI=1S/C19H22N4O2S/c1-3-20-26(24,25)17-8-7-15-9-10-22(18(15)11-17)12-16-13-23-14(2)5-4-6-19(23)21-16/h4-8,11,13,20H,3,9-10,12H2,1-2H3. The maximum atomic E-state index is 12.3. The van der Waals surface area contributed by atoms with Gasteiger partial charge in [-0.15, -0.1) is 0 Å². The predicted molar refractivity (Wildman–Crippen MR) is 102 cm³/mol. The van der Waals surface area contributed by atoms with Crippen LogP contribution in [0.1, 0.15) is 23.9 Å². The highest BCUT2D eigenvalue weighted by atomic mass is 32.2. The molecule has 0 aliphatic carbocycles. The Morgan fingerprint density at radius 2 is 2.08 bits per heavy atom. The molecule has 2 aromatic heterocycles. The monoisotopic (exact) mass is 370 g/mol. The summed E-state index contributed by atoms with van der Waals surface area (Å²) in [7, 11) is -3.45. The van der Waals surface area contributed by atoms with Gasteiger partial charge < -0.3 is 9.30 Å². The number of rotatable bonds is 5. The number of fused-ring (bicyclic) bond motifs is 2. The first kappa shape index (κ1) is 17.1. The van der Waals surface area contributed by atoms with Crippen LogP contribution < -0.4 is 9.62 Å². The van der Waals surface area contributed by atoms with Crippen LogP contribution in [-0.2, 0) is 23.0 Å². The number of anilines is 1. The molecule has 136 valence electrons. The quantitative estimate of drug-likeness (QED) is 0.749. The lowest BCUT2D eigenvalue weighted by atomic mass is 10.2. The van der Waals surface area contributed by atoms with Gasteiger partial charge in [0.1, 0.15) is 5.65 Å². The van der Waals surface area contributed by atoms with Crippen LogP contribution in [0.2, 0.25) is 0 Å². The first-order valence-electron chi connectivity index (χ1n) is 8.79. The molecule has 1 aromatic carbocycles. The minimum Gasteiger partial charge on any atom is -0.365 e. The van der Waals surface area contributed by atoms with Gasteiger partial charge in [-0.3, -0.25) is 0 Å². The normalized spacial score (nSPS) is 14.2. The molecule has 7 heteroatoms. The number of pyridine rings is 1. The molecule has 1 aliphatic rings. The molecule has 0 atom stereocenters. The van der Waals surface area contributed by atoms with Crippen LogP contribution in [0.25, 0.3) is 5.65 Å². The maximum absolute atomic E-state index is 12.3. The van der Waals surface area contributed by atoms with E-state index in [0.29, 0.717) is 18.0 Å². The average molecular weight is 370 g/mol. The van der Waals surface area contributed by atoms with Crippen LogP contribution in [0.15, 0.2) is 47.5 Å². The van der Waals surface area contributed by atoms with Gasteiger partial charge in [-0.2, -0.15) is 0 Å². The lowest BCUT2D eigenvalue weighted by Crippen LogP contribution is -2.24. The Hall–Kier alpha value is -2.38. The van der Waals surface area contributed by atoms with E-state index in [1.165, 1.54) is 5.56 Å². The number of imidazole rings is 1. The Bertz CT molecular complexity index is 1070. The van der Waals surface area contributed by atoms with Crippen molar-refractivity contribution in [3.8, 4) is 0 Å². The van der Waals surface area contributed by atoms with Crippen LogP contribution in [-0.4, -0.2) is 30.9 Å². The smallest absolute Gasteiger partial charge is 0.240 e. The Balaban J connectivity index is 1.65. The molecule has 0 spiro atoms. The number of hydrogen-bond acceptors (Lipinski definition) is 4. The lowest BCUT2D eigenvalue weighted by Gasteiger charge is -2.18. The molecule has 0 saturated carbocycles. The van der Waals surface area contributed by atoms with Gasteiger partial charge in [0.15, 0.2) is 0 Å². The van der Waals surface area contributed by atoms with Crippen molar-refractivity contribution in [1.29, 1.82) is 0 Å². The molecular formula is C19H22N4O2S. The van der Waals surface area contributed by atoms with Crippen molar-refractivity contribution >= 4 is 21.4 Å². The highest BCUT2D eigenvalue weighted by molar-refractivity contribution is 7.89. The second-order valence-electron chi connectivity index (χ2n) is 6.59. The first-order chi connectivity index (χ1) is 12.5. The molecule has 0 radical (unpaired) electrons. The number of nitrogens with zero attached hydrogens (tertiary/aromatic N) is 3. The van der Waals surface area contributed by atoms with E-state index in [9.17, 15) is 8.42 Å². The van der Waals surface area contributed by atoms with Crippen molar-refractivity contribution in [1.82, 2.24) is 14.1 Å². The Morgan fingerprint density at radius 3 is 2.85 bits per heavy atom. The molecule has 0 fully saturated rings. The molecule has 3 heterocycles. The zero-order valence-corrected chi connectivity index (χ0v) is 15.8. The van der Waals surface area contributed by atoms with Crippen LogP contribution in [0.4, 0.5) is 5.69 Å². The first-order valence-corrected chi connectivity index (χ1v) is 10.3. The zero-order valence-electron chi connectivity index (χ0n) is 14.9. The summed E-state index contributed by atoms with van der Waals surface area (Å²) >= 11 is 0. The van der Waals surface area contributed by atoms with E-state index >= 15 is 0 Å². The summed E-state index contributed by atoms with van der Waals surface area (Å²) in [6.45, 7) is 5.75. The average Bonchev–Trinajstić information content (AvgIpc) is 3.20. The van der Waals surface area contributed by atoms with E-state index in [2.05, 4.69) is 33.2 Å². The SMILES string of the molecule is CCNS(=O)(=O)c1ccc2c(c1)N(Cc1cn3c(C)cccc3n1)CC2. The van der Waals surface area contributed by atoms with Crippen molar-refractivity contribution in [3.63, 3.8) is 0 Å². The number of aromatic nitrogens is 2. The van der Waals surface area contributed by atoms with Gasteiger partial charge >= 0.3 is 0 Å². The summed E-state index contributed by atoms with van der Waals surface area (Å²) in [5, 5.41) is 0. The number of hydrogen-bond donors (Lipinski definition) is 1. The predicted octanol–water partition coefficient (Wildman–Crippen LogP) is 2.50. The number of nitrogens with one attached hydrogen (secondary N) is 1. The van der Waals surface area contributed by atoms with Gasteiger partial charge in [-0.25, -0.2) is 18.1 Å². The van der Waals surface area contributed by atoms with E-state index in [1.54, 1.807) is 19.1 Å². The van der Waals surface area contributed by atoms with Gasteiger partial charge in [0.25, 0.3) is 0 Å². The van der Waals surface area contributed by atoms with Crippen LogP contribution >= 0.6 is 0 Å². The summed E-state index contributed by atoms with van der Waals surface area (Å²) in [5.74, 6) is 0. The second kappa shape index (κ2) is 6.41.